The molecule has 1 heterocycles. The van der Waals surface area contributed by atoms with E-state index >= 15 is 0 Å². The molecular weight excluding hydrogens is 310 g/mol. The SMILES string of the molecule is CC1CC(SCC(=O)NCc2ccccc2Cl)NC(=O)N1. The molecule has 1 saturated heterocycles. The highest BCUT2D eigenvalue weighted by molar-refractivity contribution is 8.00. The molecule has 0 bridgehead atoms. The van der Waals surface area contributed by atoms with Crippen LogP contribution in [-0.4, -0.2) is 29.1 Å². The first-order valence-electron chi connectivity index (χ1n) is 6.73. The van der Waals surface area contributed by atoms with E-state index in [9.17, 15) is 9.59 Å². The minimum absolute atomic E-state index is 0.0280. The molecule has 1 aromatic rings. The molecule has 3 N–H and O–H groups in total. The van der Waals surface area contributed by atoms with E-state index in [-0.39, 0.29) is 23.4 Å². The molecule has 0 aliphatic carbocycles. The van der Waals surface area contributed by atoms with Crippen LogP contribution in [0.1, 0.15) is 18.9 Å². The average Bonchev–Trinajstić information content (AvgIpc) is 2.43. The van der Waals surface area contributed by atoms with Crippen LogP contribution in [0.4, 0.5) is 4.79 Å². The Morgan fingerprint density at radius 1 is 1.43 bits per heavy atom. The Morgan fingerprint density at radius 3 is 2.90 bits per heavy atom. The van der Waals surface area contributed by atoms with Crippen LogP contribution in [0.25, 0.3) is 0 Å². The van der Waals surface area contributed by atoms with Crippen LogP contribution < -0.4 is 16.0 Å². The summed E-state index contributed by atoms with van der Waals surface area (Å²) in [7, 11) is 0. The number of urea groups is 1. The lowest BCUT2D eigenvalue weighted by atomic mass is 10.2. The summed E-state index contributed by atoms with van der Waals surface area (Å²) in [6, 6.07) is 7.36. The standard InChI is InChI=1S/C14H18ClN3O2S/c1-9-6-13(18-14(20)17-9)21-8-12(19)16-7-10-4-2-3-5-11(10)15/h2-5,9,13H,6-8H2,1H3,(H,16,19)(H2,17,18,20). The van der Waals surface area contributed by atoms with Crippen LogP contribution in [0.15, 0.2) is 24.3 Å². The first kappa shape index (κ1) is 16.0. The van der Waals surface area contributed by atoms with Gasteiger partial charge in [0.1, 0.15) is 0 Å². The minimum Gasteiger partial charge on any atom is -0.351 e. The zero-order chi connectivity index (χ0) is 15.2. The van der Waals surface area contributed by atoms with Crippen LogP contribution in [0.2, 0.25) is 5.02 Å². The van der Waals surface area contributed by atoms with Gasteiger partial charge in [-0.2, -0.15) is 0 Å². The molecule has 1 fully saturated rings. The molecule has 0 radical (unpaired) electrons. The highest BCUT2D eigenvalue weighted by atomic mass is 35.5. The molecule has 2 unspecified atom stereocenters. The summed E-state index contributed by atoms with van der Waals surface area (Å²) in [6.45, 7) is 2.36. The topological polar surface area (TPSA) is 70.2 Å². The number of halogens is 1. The van der Waals surface area contributed by atoms with Crippen LogP contribution in [0.5, 0.6) is 0 Å². The molecule has 114 valence electrons. The summed E-state index contributed by atoms with van der Waals surface area (Å²) in [5.74, 6) is 0.239. The molecular formula is C14H18ClN3O2S. The summed E-state index contributed by atoms with van der Waals surface area (Å²) in [4.78, 5) is 23.2. The smallest absolute Gasteiger partial charge is 0.315 e. The van der Waals surface area contributed by atoms with Crippen molar-refractivity contribution in [2.45, 2.75) is 31.3 Å². The Hall–Kier alpha value is -1.40. The van der Waals surface area contributed by atoms with E-state index in [0.29, 0.717) is 17.3 Å². The molecule has 1 aromatic carbocycles. The number of amides is 3. The fourth-order valence-corrected chi connectivity index (χ4v) is 3.30. The lowest BCUT2D eigenvalue weighted by Gasteiger charge is -2.28. The second-order valence-corrected chi connectivity index (χ2v) is 6.52. The van der Waals surface area contributed by atoms with E-state index in [2.05, 4.69) is 16.0 Å². The second-order valence-electron chi connectivity index (χ2n) is 4.92. The van der Waals surface area contributed by atoms with Crippen molar-refractivity contribution < 1.29 is 9.59 Å². The minimum atomic E-state index is -0.178. The Labute approximate surface area is 133 Å². The van der Waals surface area contributed by atoms with Gasteiger partial charge in [0.15, 0.2) is 0 Å². The number of nitrogens with one attached hydrogen (secondary N) is 3. The van der Waals surface area contributed by atoms with Crippen molar-refractivity contribution >= 4 is 35.3 Å². The third kappa shape index (κ3) is 5.13. The van der Waals surface area contributed by atoms with Crippen molar-refractivity contribution in [1.82, 2.24) is 16.0 Å². The number of benzene rings is 1. The number of thioether (sulfide) groups is 1. The maximum Gasteiger partial charge on any atom is 0.315 e. The number of hydrogen-bond donors (Lipinski definition) is 3. The Bertz CT molecular complexity index is 527. The normalized spacial score (nSPS) is 21.3. The molecule has 7 heteroatoms. The van der Waals surface area contributed by atoms with Gasteiger partial charge >= 0.3 is 6.03 Å². The lowest BCUT2D eigenvalue weighted by Crippen LogP contribution is -2.52. The van der Waals surface area contributed by atoms with E-state index in [1.807, 2.05) is 25.1 Å². The van der Waals surface area contributed by atoms with Crippen molar-refractivity contribution in [3.8, 4) is 0 Å². The van der Waals surface area contributed by atoms with E-state index in [1.54, 1.807) is 6.07 Å². The lowest BCUT2D eigenvalue weighted by molar-refractivity contribution is -0.118. The van der Waals surface area contributed by atoms with Gasteiger partial charge in [0.05, 0.1) is 11.1 Å². The van der Waals surface area contributed by atoms with Crippen molar-refractivity contribution in [1.29, 1.82) is 0 Å². The maximum atomic E-state index is 11.8. The van der Waals surface area contributed by atoms with Gasteiger partial charge in [0, 0.05) is 17.6 Å². The van der Waals surface area contributed by atoms with Crippen LogP contribution in [0, 0.1) is 0 Å². The molecule has 0 spiro atoms. The summed E-state index contributed by atoms with van der Waals surface area (Å²) in [5.41, 5.74) is 0.890. The summed E-state index contributed by atoms with van der Waals surface area (Å²) < 4.78 is 0. The van der Waals surface area contributed by atoms with Crippen molar-refractivity contribution in [3.05, 3.63) is 34.9 Å². The first-order valence-corrected chi connectivity index (χ1v) is 8.16. The quantitative estimate of drug-likeness (QED) is 0.775. The Balaban J connectivity index is 1.73. The summed E-state index contributed by atoms with van der Waals surface area (Å²) in [6.07, 6.45) is 0.800. The fraction of sp³-hybridized carbons (Fsp3) is 0.429. The Kier molecular flexibility index (Phi) is 5.76. The van der Waals surface area contributed by atoms with E-state index in [4.69, 9.17) is 11.6 Å². The monoisotopic (exact) mass is 327 g/mol. The molecule has 0 aromatic heterocycles. The average molecular weight is 328 g/mol. The molecule has 3 amide bonds. The van der Waals surface area contributed by atoms with E-state index in [0.717, 1.165) is 12.0 Å². The summed E-state index contributed by atoms with van der Waals surface area (Å²) >= 11 is 7.46. The van der Waals surface area contributed by atoms with Crippen LogP contribution in [0.3, 0.4) is 0 Å². The molecule has 21 heavy (non-hydrogen) atoms. The van der Waals surface area contributed by atoms with Crippen molar-refractivity contribution in [3.63, 3.8) is 0 Å². The van der Waals surface area contributed by atoms with Gasteiger partial charge in [0.25, 0.3) is 0 Å². The van der Waals surface area contributed by atoms with Crippen LogP contribution in [-0.2, 0) is 11.3 Å². The van der Waals surface area contributed by atoms with Gasteiger partial charge in [-0.3, -0.25) is 4.79 Å². The fourth-order valence-electron chi connectivity index (χ4n) is 2.02. The third-order valence-electron chi connectivity index (χ3n) is 3.09. The molecule has 2 rings (SSSR count). The van der Waals surface area contributed by atoms with Gasteiger partial charge in [0.2, 0.25) is 5.91 Å². The van der Waals surface area contributed by atoms with Gasteiger partial charge < -0.3 is 16.0 Å². The van der Waals surface area contributed by atoms with Gasteiger partial charge in [-0.1, -0.05) is 29.8 Å². The highest BCUT2D eigenvalue weighted by Crippen LogP contribution is 2.17. The highest BCUT2D eigenvalue weighted by Gasteiger charge is 2.23. The zero-order valence-electron chi connectivity index (χ0n) is 11.7. The van der Waals surface area contributed by atoms with Gasteiger partial charge in [-0.05, 0) is 25.0 Å². The maximum absolute atomic E-state index is 11.8. The number of carbonyl (C=O) groups excluding carboxylic acids is 2. The molecule has 0 saturated carbocycles. The number of hydrogen-bond acceptors (Lipinski definition) is 3. The largest absolute Gasteiger partial charge is 0.351 e. The Morgan fingerprint density at radius 2 is 2.19 bits per heavy atom. The number of rotatable bonds is 5. The van der Waals surface area contributed by atoms with E-state index in [1.165, 1.54) is 11.8 Å². The molecule has 1 aliphatic rings. The predicted molar refractivity (Wildman–Crippen MR) is 85.3 cm³/mol. The number of carbonyl (C=O) groups is 2. The van der Waals surface area contributed by atoms with Crippen molar-refractivity contribution in [2.75, 3.05) is 5.75 Å². The van der Waals surface area contributed by atoms with E-state index < -0.39 is 0 Å². The molecule has 2 atom stereocenters. The molecule has 1 aliphatic heterocycles. The first-order chi connectivity index (χ1) is 10.0. The zero-order valence-corrected chi connectivity index (χ0v) is 13.3. The van der Waals surface area contributed by atoms with Gasteiger partial charge in [-0.25, -0.2) is 4.79 Å². The molecule has 5 nitrogen and oxygen atoms in total. The van der Waals surface area contributed by atoms with Crippen molar-refractivity contribution in [2.24, 2.45) is 0 Å². The second kappa shape index (κ2) is 7.56. The van der Waals surface area contributed by atoms with Gasteiger partial charge in [-0.15, -0.1) is 11.8 Å². The summed E-state index contributed by atoms with van der Waals surface area (Å²) in [5, 5.41) is 9.01. The predicted octanol–water partition coefficient (Wildman–Crippen LogP) is 2.11. The van der Waals surface area contributed by atoms with Crippen LogP contribution >= 0.6 is 23.4 Å². The third-order valence-corrected chi connectivity index (χ3v) is 4.60.